The van der Waals surface area contributed by atoms with Crippen LogP contribution < -0.4 is 4.89 Å². The fraction of sp³-hybridized carbons (Fsp3) is 0.750. The number of likely N-dealkylation sites (N-methyl/N-ethyl adjacent to an activating group) is 1. The fourth-order valence-electron chi connectivity index (χ4n) is 8.25. The lowest BCUT2D eigenvalue weighted by atomic mass is 10.0. The van der Waals surface area contributed by atoms with Crippen molar-refractivity contribution in [2.45, 2.75) is 264 Å². The number of ether oxygens (including phenoxy) is 2. The quantitative estimate of drug-likeness (QED) is 0.0195. The van der Waals surface area contributed by atoms with Gasteiger partial charge in [0, 0.05) is 12.8 Å². The van der Waals surface area contributed by atoms with Gasteiger partial charge in [-0.2, -0.15) is 0 Å². The summed E-state index contributed by atoms with van der Waals surface area (Å²) >= 11 is 0. The van der Waals surface area contributed by atoms with Crippen LogP contribution in [0.2, 0.25) is 0 Å². The Hall–Kier alpha value is -2.81. The van der Waals surface area contributed by atoms with E-state index < -0.39 is 32.5 Å². The average molecular weight is 1060 g/mol. The average Bonchev–Trinajstić information content (AvgIpc) is 3.36. The van der Waals surface area contributed by atoms with Gasteiger partial charge in [0.25, 0.3) is 7.82 Å². The Morgan fingerprint density at radius 1 is 0.432 bits per heavy atom. The molecule has 0 radical (unpaired) electrons. The first kappa shape index (κ1) is 71.2. The Balaban J connectivity index is 3.95. The number of allylic oxidation sites excluding steroid dienone is 14. The van der Waals surface area contributed by atoms with E-state index in [2.05, 4.69) is 98.9 Å². The molecule has 0 bridgehead atoms. The Labute approximate surface area is 456 Å². The lowest BCUT2D eigenvalue weighted by Crippen LogP contribution is -2.37. The first-order valence-electron chi connectivity index (χ1n) is 30.3. The molecule has 0 saturated heterocycles. The van der Waals surface area contributed by atoms with Crippen LogP contribution in [-0.4, -0.2) is 70.0 Å². The molecule has 0 rings (SSSR count). The minimum atomic E-state index is -4.64. The minimum Gasteiger partial charge on any atom is -0.756 e. The molecule has 2 unspecified atom stereocenters. The van der Waals surface area contributed by atoms with Crippen molar-refractivity contribution < 1.29 is 42.1 Å². The van der Waals surface area contributed by atoms with E-state index in [-0.39, 0.29) is 26.1 Å². The van der Waals surface area contributed by atoms with Gasteiger partial charge in [0.15, 0.2) is 6.10 Å². The van der Waals surface area contributed by atoms with Crippen molar-refractivity contribution in [2.75, 3.05) is 47.5 Å². The Bertz CT molecular complexity index is 1520. The number of nitrogens with zero attached hydrogens (tertiary/aromatic N) is 1. The van der Waals surface area contributed by atoms with Crippen LogP contribution >= 0.6 is 7.82 Å². The van der Waals surface area contributed by atoms with Gasteiger partial charge in [0.2, 0.25) is 0 Å². The maximum atomic E-state index is 12.8. The van der Waals surface area contributed by atoms with Gasteiger partial charge in [-0.3, -0.25) is 14.2 Å². The SMILES string of the molecule is CC/C=C\C/C=C\C/C=C\C/C=C\C/C=C\CCCCCCCCCCCCCCCCCCCCCCCC(=O)OC(COC(=O)CCCCCCC/C=C\C/C=C\CCC)COP(=O)([O-])OCC[N+](C)(C)C. The molecule has 0 N–H and O–H groups in total. The maximum absolute atomic E-state index is 12.8. The highest BCUT2D eigenvalue weighted by molar-refractivity contribution is 7.45. The van der Waals surface area contributed by atoms with Gasteiger partial charge in [-0.05, 0) is 83.5 Å². The molecule has 10 heteroatoms. The summed E-state index contributed by atoms with van der Waals surface area (Å²) in [6.07, 6.45) is 73.7. The highest BCUT2D eigenvalue weighted by Gasteiger charge is 2.22. The largest absolute Gasteiger partial charge is 0.756 e. The molecule has 0 aliphatic heterocycles. The second-order valence-corrected chi connectivity index (χ2v) is 22.7. The van der Waals surface area contributed by atoms with Crippen LogP contribution in [0.15, 0.2) is 85.1 Å². The summed E-state index contributed by atoms with van der Waals surface area (Å²) in [6, 6.07) is 0. The molecule has 74 heavy (non-hydrogen) atoms. The summed E-state index contributed by atoms with van der Waals surface area (Å²) < 4.78 is 34.1. The van der Waals surface area contributed by atoms with Gasteiger partial charge in [0.05, 0.1) is 27.7 Å². The topological polar surface area (TPSA) is 111 Å². The number of carbonyl (C=O) groups is 2. The van der Waals surface area contributed by atoms with Crippen molar-refractivity contribution in [3.8, 4) is 0 Å². The second kappa shape index (κ2) is 55.0. The highest BCUT2D eigenvalue weighted by Crippen LogP contribution is 2.38. The van der Waals surface area contributed by atoms with Gasteiger partial charge in [0.1, 0.15) is 19.8 Å². The second-order valence-electron chi connectivity index (χ2n) is 21.3. The first-order chi connectivity index (χ1) is 36.0. The third kappa shape index (κ3) is 58.5. The smallest absolute Gasteiger partial charge is 0.306 e. The highest BCUT2D eigenvalue weighted by atomic mass is 31.2. The molecule has 0 aromatic heterocycles. The van der Waals surface area contributed by atoms with Crippen molar-refractivity contribution in [3.05, 3.63) is 85.1 Å². The van der Waals surface area contributed by atoms with Crippen molar-refractivity contribution >= 4 is 19.8 Å². The summed E-state index contributed by atoms with van der Waals surface area (Å²) in [5.41, 5.74) is 0. The molecule has 428 valence electrons. The monoisotopic (exact) mass is 1060 g/mol. The van der Waals surface area contributed by atoms with E-state index in [1.165, 1.54) is 122 Å². The minimum absolute atomic E-state index is 0.0343. The third-order valence-corrected chi connectivity index (χ3v) is 13.8. The zero-order chi connectivity index (χ0) is 54.2. The van der Waals surface area contributed by atoms with E-state index in [1.807, 2.05) is 21.1 Å². The van der Waals surface area contributed by atoms with E-state index in [1.54, 1.807) is 0 Å². The van der Waals surface area contributed by atoms with E-state index >= 15 is 0 Å². The number of rotatable bonds is 55. The molecule has 0 fully saturated rings. The lowest BCUT2D eigenvalue weighted by Gasteiger charge is -2.28. The lowest BCUT2D eigenvalue weighted by molar-refractivity contribution is -0.870. The van der Waals surface area contributed by atoms with Crippen LogP contribution in [0.5, 0.6) is 0 Å². The van der Waals surface area contributed by atoms with E-state index in [4.69, 9.17) is 18.5 Å². The predicted molar refractivity (Wildman–Crippen MR) is 314 cm³/mol. The Kier molecular flexibility index (Phi) is 52.9. The van der Waals surface area contributed by atoms with Crippen LogP contribution in [0.3, 0.4) is 0 Å². The summed E-state index contributed by atoms with van der Waals surface area (Å²) in [5, 5.41) is 0. The summed E-state index contributed by atoms with van der Waals surface area (Å²) in [7, 11) is 1.16. The van der Waals surface area contributed by atoms with Gasteiger partial charge in [-0.25, -0.2) is 0 Å². The van der Waals surface area contributed by atoms with Crippen molar-refractivity contribution in [1.82, 2.24) is 0 Å². The Morgan fingerprint density at radius 2 is 0.770 bits per heavy atom. The van der Waals surface area contributed by atoms with Crippen LogP contribution in [0.4, 0.5) is 0 Å². The summed E-state index contributed by atoms with van der Waals surface area (Å²) in [5.74, 6) is -0.845. The zero-order valence-corrected chi connectivity index (χ0v) is 49.4. The van der Waals surface area contributed by atoms with Gasteiger partial charge < -0.3 is 27.9 Å². The number of hydrogen-bond acceptors (Lipinski definition) is 8. The zero-order valence-electron chi connectivity index (χ0n) is 48.5. The van der Waals surface area contributed by atoms with Crippen molar-refractivity contribution in [3.63, 3.8) is 0 Å². The van der Waals surface area contributed by atoms with E-state index in [0.717, 1.165) is 96.3 Å². The number of unbranched alkanes of at least 4 members (excludes halogenated alkanes) is 27. The molecule has 0 heterocycles. The predicted octanol–water partition coefficient (Wildman–Crippen LogP) is 18.4. The molecule has 0 saturated carbocycles. The Morgan fingerprint density at radius 3 is 1.15 bits per heavy atom. The number of phosphoric ester groups is 1. The molecule has 0 aromatic carbocycles. The van der Waals surface area contributed by atoms with Crippen LogP contribution in [0.25, 0.3) is 0 Å². The molecule has 0 aromatic rings. The molecular weight excluding hydrogens is 942 g/mol. The maximum Gasteiger partial charge on any atom is 0.306 e. The molecule has 0 amide bonds. The molecule has 2 atom stereocenters. The number of quaternary nitrogens is 1. The van der Waals surface area contributed by atoms with Crippen LogP contribution in [0, 0.1) is 0 Å². The van der Waals surface area contributed by atoms with E-state index in [9.17, 15) is 19.0 Å². The van der Waals surface area contributed by atoms with Gasteiger partial charge in [-0.1, -0.05) is 247 Å². The first-order valence-corrected chi connectivity index (χ1v) is 31.8. The number of phosphoric acid groups is 1. The number of hydrogen-bond donors (Lipinski definition) is 0. The third-order valence-electron chi connectivity index (χ3n) is 12.9. The fourth-order valence-corrected chi connectivity index (χ4v) is 8.98. The summed E-state index contributed by atoms with van der Waals surface area (Å²) in [4.78, 5) is 37.8. The molecule has 0 aliphatic carbocycles. The van der Waals surface area contributed by atoms with E-state index in [0.29, 0.717) is 23.9 Å². The molecule has 9 nitrogen and oxygen atoms in total. The van der Waals surface area contributed by atoms with Gasteiger partial charge >= 0.3 is 11.9 Å². The number of carbonyl (C=O) groups excluding carboxylic acids is 2. The molecular formula is C64H114NO8P. The van der Waals surface area contributed by atoms with Crippen molar-refractivity contribution in [2.24, 2.45) is 0 Å². The van der Waals surface area contributed by atoms with Crippen molar-refractivity contribution in [1.29, 1.82) is 0 Å². The normalized spacial score (nSPS) is 13.9. The van der Waals surface area contributed by atoms with Gasteiger partial charge in [-0.15, -0.1) is 0 Å². The van der Waals surface area contributed by atoms with Crippen LogP contribution in [-0.2, 0) is 32.7 Å². The number of esters is 2. The summed E-state index contributed by atoms with van der Waals surface area (Å²) in [6.45, 7) is 4.05. The molecule has 0 aliphatic rings. The van der Waals surface area contributed by atoms with Crippen LogP contribution in [0.1, 0.15) is 258 Å². The molecule has 0 spiro atoms. The standard InChI is InChI=1S/C64H114NO8P/c1-6-8-10-12-14-16-18-20-21-22-23-24-25-26-27-28-29-30-31-32-33-34-35-36-37-38-39-40-41-42-43-45-47-49-51-53-55-57-64(67)73-62(61-72-74(68,69)71-59-58-65(3,4)5)60-70-63(66)56-54-52-50-48-46-44-19-17-15-13-11-9-7-2/h8,10-11,13-14,16-17,19-21,23-24,26-27,62H,6-7,9,12,15,18,22,25,28-61H2,1-5H3/b10-8-,13-11-,16-14-,19-17-,21-20-,24-23-,27-26-.